The Morgan fingerprint density at radius 1 is 1.08 bits per heavy atom. The molecule has 0 aromatic heterocycles. The number of hydrogen-bond donors (Lipinski definition) is 0. The third-order valence-corrected chi connectivity index (χ3v) is 1.20. The van der Waals surface area contributed by atoms with Gasteiger partial charge in [-0.25, -0.2) is 0 Å². The lowest BCUT2D eigenvalue weighted by molar-refractivity contribution is -0.116. The number of carbonyl (C=O) groups excluding carboxylic acids is 1. The molecule has 0 rings (SSSR count). The summed E-state index contributed by atoms with van der Waals surface area (Å²) in [7, 11) is 0. The van der Waals surface area contributed by atoms with Gasteiger partial charge in [0.05, 0.1) is 0 Å². The van der Waals surface area contributed by atoms with E-state index in [1.54, 1.807) is 6.92 Å². The average Bonchev–Trinajstić information content (AvgIpc) is 2.10. The van der Waals surface area contributed by atoms with E-state index in [4.69, 9.17) is 0 Å². The second-order valence-electron chi connectivity index (χ2n) is 2.41. The van der Waals surface area contributed by atoms with E-state index in [9.17, 15) is 4.79 Å². The number of unbranched alkanes of at least 4 members (excludes halogenated alkanes) is 2. The minimum absolute atomic E-state index is 0. The van der Waals surface area contributed by atoms with Crippen LogP contribution in [-0.2, 0) is 4.79 Å². The molecule has 0 heterocycles. The fourth-order valence-electron chi connectivity index (χ4n) is 0.354. The highest BCUT2D eigenvalue weighted by Crippen LogP contribution is 1.88. The van der Waals surface area contributed by atoms with E-state index in [-0.39, 0.29) is 7.21 Å². The zero-order chi connectivity index (χ0) is 10.4. The van der Waals surface area contributed by atoms with E-state index in [0.29, 0.717) is 6.42 Å². The standard InChI is InChI=1S/C5H12.C4H8O.C2H6.H2/c1-3-5-4-2;1-3-4(2)5;1-2;/h3-5H2,1-2H3;3H2,1-2H3;1-2H3;1H. The molecular formula is C11H28O. The minimum atomic E-state index is 0. The molecule has 0 N–H and O–H groups in total. The quantitative estimate of drug-likeness (QED) is 0.620. The third kappa shape index (κ3) is 54.0. The fourth-order valence-corrected chi connectivity index (χ4v) is 0.354. The highest BCUT2D eigenvalue weighted by atomic mass is 16.1. The summed E-state index contributed by atoms with van der Waals surface area (Å²) in [5.74, 6) is 0.255. The fraction of sp³-hybridized carbons (Fsp3) is 0.909. The zero-order valence-corrected chi connectivity index (χ0v) is 9.74. The molecule has 0 saturated heterocycles. The van der Waals surface area contributed by atoms with Crippen LogP contribution in [0.25, 0.3) is 0 Å². The summed E-state index contributed by atoms with van der Waals surface area (Å²) in [6, 6.07) is 0. The van der Waals surface area contributed by atoms with Crippen molar-refractivity contribution in [3.05, 3.63) is 0 Å². The van der Waals surface area contributed by atoms with Crippen molar-refractivity contribution in [2.45, 2.75) is 67.2 Å². The molecule has 0 aliphatic rings. The van der Waals surface area contributed by atoms with Gasteiger partial charge < -0.3 is 4.79 Å². The Labute approximate surface area is 80.0 Å². The Bertz CT molecular complexity index is 70.5. The third-order valence-electron chi connectivity index (χ3n) is 1.20. The Balaban J connectivity index is -0.0000000491. The molecule has 0 aliphatic heterocycles. The number of hydrogen-bond acceptors (Lipinski definition) is 1. The zero-order valence-electron chi connectivity index (χ0n) is 9.74. The summed E-state index contributed by atoms with van der Waals surface area (Å²) >= 11 is 0. The molecule has 0 fully saturated rings. The molecule has 0 aromatic carbocycles. The van der Waals surface area contributed by atoms with Crippen LogP contribution < -0.4 is 0 Å². The van der Waals surface area contributed by atoms with E-state index < -0.39 is 0 Å². The van der Waals surface area contributed by atoms with E-state index in [1.165, 1.54) is 19.3 Å². The van der Waals surface area contributed by atoms with Gasteiger partial charge in [-0.3, -0.25) is 0 Å². The number of Topliss-reactive ketones (excluding diaryl/α,β-unsaturated/α-hetero) is 1. The van der Waals surface area contributed by atoms with Gasteiger partial charge >= 0.3 is 0 Å². The van der Waals surface area contributed by atoms with Gasteiger partial charge in [-0.1, -0.05) is 53.9 Å². The van der Waals surface area contributed by atoms with Crippen LogP contribution in [0, 0.1) is 0 Å². The maximum absolute atomic E-state index is 9.81. The van der Waals surface area contributed by atoms with Gasteiger partial charge in [0, 0.05) is 7.85 Å². The van der Waals surface area contributed by atoms with Crippen LogP contribution in [0.15, 0.2) is 0 Å². The summed E-state index contributed by atoms with van der Waals surface area (Å²) in [5, 5.41) is 0. The summed E-state index contributed by atoms with van der Waals surface area (Å²) in [5.41, 5.74) is 0. The highest BCUT2D eigenvalue weighted by molar-refractivity contribution is 5.74. The largest absolute Gasteiger partial charge is 0.300 e. The van der Waals surface area contributed by atoms with Crippen molar-refractivity contribution in [2.75, 3.05) is 0 Å². The van der Waals surface area contributed by atoms with Crippen LogP contribution in [0.2, 0.25) is 0 Å². The van der Waals surface area contributed by atoms with E-state index in [0.717, 1.165) is 0 Å². The number of ketones is 1. The van der Waals surface area contributed by atoms with Gasteiger partial charge in [-0.15, -0.1) is 0 Å². The smallest absolute Gasteiger partial charge is 0.129 e. The van der Waals surface area contributed by atoms with Crippen molar-refractivity contribution in [1.82, 2.24) is 0 Å². The maximum atomic E-state index is 9.81. The van der Waals surface area contributed by atoms with Crippen molar-refractivity contribution in [2.24, 2.45) is 0 Å². The van der Waals surface area contributed by atoms with Crippen molar-refractivity contribution in [1.29, 1.82) is 0 Å². The summed E-state index contributed by atoms with van der Waals surface area (Å²) < 4.78 is 0. The predicted octanol–water partition coefficient (Wildman–Crippen LogP) is 4.45. The molecule has 12 heavy (non-hydrogen) atoms. The summed E-state index contributed by atoms with van der Waals surface area (Å²) in [6.45, 7) is 11.9. The van der Waals surface area contributed by atoms with Gasteiger partial charge in [0.15, 0.2) is 0 Å². The molecule has 0 spiro atoms. The van der Waals surface area contributed by atoms with E-state index in [1.807, 2.05) is 20.8 Å². The summed E-state index contributed by atoms with van der Waals surface area (Å²) in [6.07, 6.45) is 4.74. The van der Waals surface area contributed by atoms with Crippen molar-refractivity contribution in [3.8, 4) is 0 Å². The van der Waals surface area contributed by atoms with Crippen molar-refractivity contribution in [3.63, 3.8) is 0 Å². The second-order valence-corrected chi connectivity index (χ2v) is 2.41. The number of rotatable bonds is 3. The minimum Gasteiger partial charge on any atom is -0.300 e. The predicted molar refractivity (Wildman–Crippen MR) is 59.6 cm³/mol. The van der Waals surface area contributed by atoms with Crippen LogP contribution in [0.1, 0.15) is 68.7 Å². The number of carbonyl (C=O) groups is 1. The first-order chi connectivity index (χ1) is 5.68. The average molecular weight is 176 g/mol. The van der Waals surface area contributed by atoms with Gasteiger partial charge in [-0.05, 0) is 6.92 Å². The Morgan fingerprint density at radius 2 is 1.33 bits per heavy atom. The van der Waals surface area contributed by atoms with Gasteiger partial charge in [0.25, 0.3) is 0 Å². The molecule has 0 atom stereocenters. The van der Waals surface area contributed by atoms with Crippen LogP contribution in [0.5, 0.6) is 0 Å². The SMILES string of the molecule is CC.CCC(C)=O.CCCCC.[HH]. The molecule has 1 nitrogen and oxygen atoms in total. The molecule has 0 bridgehead atoms. The van der Waals surface area contributed by atoms with Gasteiger partial charge in [-0.2, -0.15) is 0 Å². The topological polar surface area (TPSA) is 17.1 Å². The lowest BCUT2D eigenvalue weighted by atomic mass is 10.3. The van der Waals surface area contributed by atoms with E-state index >= 15 is 0 Å². The molecule has 0 radical (unpaired) electrons. The lowest BCUT2D eigenvalue weighted by Crippen LogP contribution is -1.80. The first-order valence-electron chi connectivity index (χ1n) is 5.18. The summed E-state index contributed by atoms with van der Waals surface area (Å²) in [4.78, 5) is 9.81. The van der Waals surface area contributed by atoms with Crippen molar-refractivity contribution >= 4 is 5.78 Å². The van der Waals surface area contributed by atoms with E-state index in [2.05, 4.69) is 13.8 Å². The normalized spacial score (nSPS) is 7.17. The Hall–Kier alpha value is -0.330. The molecule has 0 saturated carbocycles. The monoisotopic (exact) mass is 176 g/mol. The van der Waals surface area contributed by atoms with Gasteiger partial charge in [0.1, 0.15) is 5.78 Å². The van der Waals surface area contributed by atoms with Crippen LogP contribution in [0.3, 0.4) is 0 Å². The molecule has 0 amide bonds. The molecule has 1 heteroatoms. The first-order valence-corrected chi connectivity index (χ1v) is 5.18. The van der Waals surface area contributed by atoms with Gasteiger partial charge in [0.2, 0.25) is 0 Å². The molecular weight excluding hydrogens is 148 g/mol. The van der Waals surface area contributed by atoms with Crippen LogP contribution in [-0.4, -0.2) is 5.78 Å². The lowest BCUT2D eigenvalue weighted by Gasteiger charge is -1.79. The molecule has 0 unspecified atom stereocenters. The van der Waals surface area contributed by atoms with Crippen LogP contribution in [0.4, 0.5) is 0 Å². The molecule has 0 aromatic rings. The molecule has 0 aliphatic carbocycles. The highest BCUT2D eigenvalue weighted by Gasteiger charge is 1.76. The Kier molecular flexibility index (Phi) is 33.0. The van der Waals surface area contributed by atoms with Crippen molar-refractivity contribution < 1.29 is 6.22 Å². The maximum Gasteiger partial charge on any atom is 0.129 e. The molecule has 78 valence electrons. The second kappa shape index (κ2) is 22.4. The van der Waals surface area contributed by atoms with Crippen LogP contribution >= 0.6 is 0 Å². The first kappa shape index (κ1) is 17.7. The Morgan fingerprint density at radius 3 is 1.33 bits per heavy atom.